The smallest absolute Gasteiger partial charge is 0.272 e. The third kappa shape index (κ3) is 4.07. The number of halogens is 1. The Kier molecular flexibility index (Phi) is 5.55. The number of aromatic nitrogens is 2. The van der Waals surface area contributed by atoms with Crippen molar-refractivity contribution in [1.29, 1.82) is 0 Å². The summed E-state index contributed by atoms with van der Waals surface area (Å²) in [5.74, 6) is 0.220. The third-order valence-electron chi connectivity index (χ3n) is 5.07. The van der Waals surface area contributed by atoms with Crippen LogP contribution in [0.15, 0.2) is 54.6 Å². The molecule has 2 aromatic carbocycles. The van der Waals surface area contributed by atoms with Gasteiger partial charge in [-0.2, -0.15) is 5.10 Å². The molecule has 1 aliphatic rings. The highest BCUT2D eigenvalue weighted by Gasteiger charge is 2.29. The van der Waals surface area contributed by atoms with Gasteiger partial charge in [-0.3, -0.25) is 4.79 Å². The summed E-state index contributed by atoms with van der Waals surface area (Å²) < 4.78 is 26.1. The lowest BCUT2D eigenvalue weighted by atomic mass is 10.1. The van der Waals surface area contributed by atoms with Crippen LogP contribution in [0.2, 0.25) is 0 Å². The molecule has 2 heterocycles. The molecule has 30 heavy (non-hydrogen) atoms. The fraction of sp³-hybridized carbons (Fsp3) is 0.304. The maximum Gasteiger partial charge on any atom is 0.272 e. The number of carbonyl (C=O) groups excluding carboxylic acids is 1. The Morgan fingerprint density at radius 1 is 1.10 bits per heavy atom. The molecule has 0 aliphatic carbocycles. The standard InChI is InChI=1S/C23H24FN3O3/c1-15-13-26(14-16(2)30-15)23(28)22-12-21(17-5-4-6-20(11-17)29-3)25-27(22)19-9-7-18(24)8-10-19/h4-12,15-16H,13-14H2,1-3H3/t15-,16-/m0/s1. The van der Waals surface area contributed by atoms with Crippen LogP contribution in [0.1, 0.15) is 24.3 Å². The minimum Gasteiger partial charge on any atom is -0.497 e. The first-order valence-corrected chi connectivity index (χ1v) is 9.90. The average Bonchev–Trinajstić information content (AvgIpc) is 3.18. The van der Waals surface area contributed by atoms with Crippen LogP contribution in [0, 0.1) is 5.82 Å². The second-order valence-corrected chi connectivity index (χ2v) is 7.50. The van der Waals surface area contributed by atoms with Crippen LogP contribution in [0.25, 0.3) is 16.9 Å². The van der Waals surface area contributed by atoms with Gasteiger partial charge in [0.05, 0.1) is 30.7 Å². The molecule has 0 radical (unpaired) electrons. The molecular weight excluding hydrogens is 385 g/mol. The number of benzene rings is 2. The SMILES string of the molecule is COc1cccc(-c2cc(C(=O)N3C[C@H](C)O[C@@H](C)C3)n(-c3ccc(F)cc3)n2)c1. The summed E-state index contributed by atoms with van der Waals surface area (Å²) in [5, 5.41) is 4.67. The number of hydrogen-bond acceptors (Lipinski definition) is 4. The number of amides is 1. The van der Waals surface area contributed by atoms with E-state index >= 15 is 0 Å². The molecular formula is C23H24FN3O3. The number of rotatable bonds is 4. The average molecular weight is 409 g/mol. The summed E-state index contributed by atoms with van der Waals surface area (Å²) in [6.07, 6.45) is -0.0875. The van der Waals surface area contributed by atoms with Crippen LogP contribution in [-0.2, 0) is 4.74 Å². The number of nitrogens with zero attached hydrogens (tertiary/aromatic N) is 3. The van der Waals surface area contributed by atoms with Gasteiger partial charge in [0.1, 0.15) is 17.3 Å². The molecule has 1 fully saturated rings. The van der Waals surface area contributed by atoms with Crippen LogP contribution < -0.4 is 4.74 Å². The van der Waals surface area contributed by atoms with Crippen LogP contribution in [-0.4, -0.2) is 53.0 Å². The first-order valence-electron chi connectivity index (χ1n) is 9.90. The Bertz CT molecular complexity index is 1040. The van der Waals surface area contributed by atoms with Gasteiger partial charge in [-0.25, -0.2) is 9.07 Å². The molecule has 0 spiro atoms. The van der Waals surface area contributed by atoms with Gasteiger partial charge in [-0.15, -0.1) is 0 Å². The van der Waals surface area contributed by atoms with Crippen molar-refractivity contribution in [3.63, 3.8) is 0 Å². The maximum atomic E-state index is 13.5. The molecule has 0 N–H and O–H groups in total. The van der Waals surface area contributed by atoms with E-state index < -0.39 is 0 Å². The van der Waals surface area contributed by atoms with E-state index in [4.69, 9.17) is 9.47 Å². The summed E-state index contributed by atoms with van der Waals surface area (Å²) in [5.41, 5.74) is 2.49. The monoisotopic (exact) mass is 409 g/mol. The fourth-order valence-corrected chi connectivity index (χ4v) is 3.74. The first kappa shape index (κ1) is 20.1. The summed E-state index contributed by atoms with van der Waals surface area (Å²) in [4.78, 5) is 15.2. The van der Waals surface area contributed by atoms with E-state index in [9.17, 15) is 9.18 Å². The van der Waals surface area contributed by atoms with Crippen molar-refractivity contribution in [1.82, 2.24) is 14.7 Å². The Balaban J connectivity index is 1.78. The summed E-state index contributed by atoms with van der Waals surface area (Å²) in [7, 11) is 1.60. The second kappa shape index (κ2) is 8.28. The molecule has 1 amide bonds. The summed E-state index contributed by atoms with van der Waals surface area (Å²) in [6.45, 7) is 4.92. The van der Waals surface area contributed by atoms with Crippen LogP contribution >= 0.6 is 0 Å². The number of hydrogen-bond donors (Lipinski definition) is 0. The van der Waals surface area contributed by atoms with E-state index in [1.165, 1.54) is 12.1 Å². The van der Waals surface area contributed by atoms with Crippen molar-refractivity contribution < 1.29 is 18.7 Å². The maximum absolute atomic E-state index is 13.5. The van der Waals surface area contributed by atoms with E-state index in [1.807, 2.05) is 38.1 Å². The highest BCUT2D eigenvalue weighted by atomic mass is 19.1. The quantitative estimate of drug-likeness (QED) is 0.655. The van der Waals surface area contributed by atoms with Crippen LogP contribution in [0.4, 0.5) is 4.39 Å². The van der Waals surface area contributed by atoms with E-state index in [0.717, 1.165) is 5.56 Å². The van der Waals surface area contributed by atoms with Crippen LogP contribution in [0.5, 0.6) is 5.75 Å². The van der Waals surface area contributed by atoms with Crippen molar-refractivity contribution in [3.05, 3.63) is 66.1 Å². The lowest BCUT2D eigenvalue weighted by Crippen LogP contribution is -2.48. The van der Waals surface area contributed by atoms with Gasteiger partial charge in [0.25, 0.3) is 5.91 Å². The zero-order chi connectivity index (χ0) is 21.3. The highest BCUT2D eigenvalue weighted by Crippen LogP contribution is 2.26. The topological polar surface area (TPSA) is 56.6 Å². The molecule has 0 unspecified atom stereocenters. The molecule has 7 heteroatoms. The molecule has 3 aromatic rings. The number of methoxy groups -OCH3 is 1. The molecule has 6 nitrogen and oxygen atoms in total. The Morgan fingerprint density at radius 3 is 2.47 bits per heavy atom. The Hall–Kier alpha value is -3.19. The van der Waals surface area contributed by atoms with Gasteiger partial charge in [0, 0.05) is 18.7 Å². The predicted octanol–water partition coefficient (Wildman–Crippen LogP) is 3.94. The van der Waals surface area contributed by atoms with Crippen molar-refractivity contribution in [2.45, 2.75) is 26.1 Å². The van der Waals surface area contributed by atoms with Crippen LogP contribution in [0.3, 0.4) is 0 Å². The molecule has 0 saturated carbocycles. The molecule has 1 aromatic heterocycles. The van der Waals surface area contributed by atoms with E-state index in [0.29, 0.717) is 35.9 Å². The number of ether oxygens (including phenoxy) is 2. The van der Waals surface area contributed by atoms with Gasteiger partial charge in [0.15, 0.2) is 0 Å². The predicted molar refractivity (Wildman–Crippen MR) is 111 cm³/mol. The third-order valence-corrected chi connectivity index (χ3v) is 5.07. The van der Waals surface area contributed by atoms with Gasteiger partial charge in [0.2, 0.25) is 0 Å². The number of morpholine rings is 1. The van der Waals surface area contributed by atoms with Crippen molar-refractivity contribution in [3.8, 4) is 22.7 Å². The molecule has 2 atom stereocenters. The van der Waals surface area contributed by atoms with Gasteiger partial charge >= 0.3 is 0 Å². The zero-order valence-corrected chi connectivity index (χ0v) is 17.2. The second-order valence-electron chi connectivity index (χ2n) is 7.50. The normalized spacial score (nSPS) is 19.0. The highest BCUT2D eigenvalue weighted by molar-refractivity contribution is 5.94. The first-order chi connectivity index (χ1) is 14.4. The van der Waals surface area contributed by atoms with Crippen molar-refractivity contribution in [2.24, 2.45) is 0 Å². The largest absolute Gasteiger partial charge is 0.497 e. The van der Waals surface area contributed by atoms with Gasteiger partial charge < -0.3 is 14.4 Å². The zero-order valence-electron chi connectivity index (χ0n) is 17.2. The number of carbonyl (C=O) groups is 1. The molecule has 1 aliphatic heterocycles. The Labute approximate surface area is 174 Å². The van der Waals surface area contributed by atoms with Crippen molar-refractivity contribution >= 4 is 5.91 Å². The lowest BCUT2D eigenvalue weighted by molar-refractivity contribution is -0.0588. The van der Waals surface area contributed by atoms with E-state index in [1.54, 1.807) is 34.9 Å². The van der Waals surface area contributed by atoms with E-state index in [2.05, 4.69) is 5.10 Å². The molecule has 156 valence electrons. The minimum absolute atomic E-state index is 0.0438. The Morgan fingerprint density at radius 2 is 1.80 bits per heavy atom. The minimum atomic E-state index is -0.345. The molecule has 0 bridgehead atoms. The van der Waals surface area contributed by atoms with E-state index in [-0.39, 0.29) is 23.9 Å². The molecule has 4 rings (SSSR count). The van der Waals surface area contributed by atoms with Gasteiger partial charge in [-0.1, -0.05) is 12.1 Å². The summed E-state index contributed by atoms with van der Waals surface area (Å²) in [6, 6.07) is 15.2. The lowest BCUT2D eigenvalue weighted by Gasteiger charge is -2.35. The summed E-state index contributed by atoms with van der Waals surface area (Å²) >= 11 is 0. The van der Waals surface area contributed by atoms with Crippen molar-refractivity contribution in [2.75, 3.05) is 20.2 Å². The fourth-order valence-electron chi connectivity index (χ4n) is 3.74. The van der Waals surface area contributed by atoms with Gasteiger partial charge in [-0.05, 0) is 56.3 Å². The molecule has 1 saturated heterocycles.